The van der Waals surface area contributed by atoms with E-state index in [1.165, 1.54) is 6.07 Å². The minimum absolute atomic E-state index is 0.219. The summed E-state index contributed by atoms with van der Waals surface area (Å²) in [7, 11) is 0. The maximum absolute atomic E-state index is 15.2. The summed E-state index contributed by atoms with van der Waals surface area (Å²) in [6.45, 7) is 4.85. The second-order valence-electron chi connectivity index (χ2n) is 9.52. The summed E-state index contributed by atoms with van der Waals surface area (Å²) in [4.78, 5) is 23.3. The molecule has 1 aliphatic carbocycles. The number of fused-ring (bicyclic) bond motifs is 1. The van der Waals surface area contributed by atoms with Crippen LogP contribution in [0.2, 0.25) is 5.02 Å². The molecule has 0 saturated heterocycles. The molecule has 1 aromatic carbocycles. The molecule has 1 atom stereocenters. The van der Waals surface area contributed by atoms with Gasteiger partial charge in [0.2, 0.25) is 0 Å². The van der Waals surface area contributed by atoms with Crippen molar-refractivity contribution in [2.24, 2.45) is 0 Å². The molecule has 37 heavy (non-hydrogen) atoms. The summed E-state index contributed by atoms with van der Waals surface area (Å²) in [5.41, 5.74) is 3.39. The molecule has 1 saturated carbocycles. The lowest BCUT2D eigenvalue weighted by molar-refractivity contribution is 0.0826. The number of nitrogens with zero attached hydrogens (tertiary/aromatic N) is 5. The summed E-state index contributed by atoms with van der Waals surface area (Å²) < 4.78 is 24.8. The molecule has 1 aliphatic heterocycles. The van der Waals surface area contributed by atoms with Gasteiger partial charge in [-0.1, -0.05) is 18.5 Å². The molecule has 2 aliphatic rings. The van der Waals surface area contributed by atoms with Gasteiger partial charge in [0.1, 0.15) is 17.7 Å². The Morgan fingerprint density at radius 3 is 2.76 bits per heavy atom. The first-order chi connectivity index (χ1) is 18.0. The first kappa shape index (κ1) is 24.0. The van der Waals surface area contributed by atoms with Crippen molar-refractivity contribution in [1.29, 1.82) is 0 Å². The van der Waals surface area contributed by atoms with Gasteiger partial charge in [0.25, 0.3) is 5.56 Å². The molecular weight excluding hydrogens is 493 g/mol. The zero-order valence-corrected chi connectivity index (χ0v) is 21.5. The molecular formula is C28H27ClFN5O2. The molecule has 0 spiro atoms. The average Bonchev–Trinajstić information content (AvgIpc) is 3.64. The molecule has 0 radical (unpaired) electrons. The van der Waals surface area contributed by atoms with E-state index < -0.39 is 5.82 Å². The Bertz CT molecular complexity index is 1600. The molecule has 0 N–H and O–H groups in total. The fourth-order valence-corrected chi connectivity index (χ4v) is 5.13. The second-order valence-corrected chi connectivity index (χ2v) is 9.96. The third kappa shape index (κ3) is 4.38. The van der Waals surface area contributed by atoms with E-state index in [9.17, 15) is 4.79 Å². The average molecular weight is 520 g/mol. The highest BCUT2D eigenvalue weighted by molar-refractivity contribution is 6.30. The predicted molar refractivity (Wildman–Crippen MR) is 141 cm³/mol. The van der Waals surface area contributed by atoms with Crippen LogP contribution in [0, 0.1) is 5.82 Å². The molecule has 3 aromatic heterocycles. The number of benzene rings is 1. The van der Waals surface area contributed by atoms with Crippen molar-refractivity contribution in [2.45, 2.75) is 58.2 Å². The first-order valence-electron chi connectivity index (χ1n) is 12.7. The van der Waals surface area contributed by atoms with Gasteiger partial charge in [0, 0.05) is 35.3 Å². The minimum Gasteiger partial charge on any atom is -0.369 e. The topological polar surface area (TPSA) is 74.8 Å². The summed E-state index contributed by atoms with van der Waals surface area (Å²) in [5.74, 6) is 0.151. The Hall–Kier alpha value is -3.36. The number of hydrogen-bond acceptors (Lipinski definition) is 5. The fraction of sp³-hybridized carbons (Fsp3) is 0.357. The van der Waals surface area contributed by atoms with Crippen LogP contribution in [-0.2, 0) is 17.7 Å². The van der Waals surface area contributed by atoms with Crippen molar-refractivity contribution >= 4 is 28.1 Å². The molecule has 1 unspecified atom stereocenters. The predicted octanol–water partition coefficient (Wildman–Crippen LogP) is 5.91. The van der Waals surface area contributed by atoms with Gasteiger partial charge in [0.15, 0.2) is 0 Å². The van der Waals surface area contributed by atoms with Crippen LogP contribution in [0.1, 0.15) is 62.3 Å². The highest BCUT2D eigenvalue weighted by atomic mass is 35.5. The molecule has 9 heteroatoms. The van der Waals surface area contributed by atoms with E-state index in [0.717, 1.165) is 24.0 Å². The monoisotopic (exact) mass is 519 g/mol. The van der Waals surface area contributed by atoms with Crippen LogP contribution in [0.25, 0.3) is 27.7 Å². The minimum atomic E-state index is -0.535. The number of aryl methyl sites for hydroxylation is 1. The molecule has 190 valence electrons. The van der Waals surface area contributed by atoms with Crippen molar-refractivity contribution in [3.63, 3.8) is 0 Å². The molecule has 4 heterocycles. The summed E-state index contributed by atoms with van der Waals surface area (Å²) in [6.07, 6.45) is 9.25. The van der Waals surface area contributed by atoms with Crippen LogP contribution in [-0.4, -0.2) is 30.9 Å². The van der Waals surface area contributed by atoms with Gasteiger partial charge in [-0.25, -0.2) is 14.4 Å². The van der Waals surface area contributed by atoms with Gasteiger partial charge in [-0.3, -0.25) is 14.0 Å². The van der Waals surface area contributed by atoms with E-state index in [1.807, 2.05) is 43.1 Å². The quantitative estimate of drug-likeness (QED) is 0.316. The Kier molecular flexibility index (Phi) is 6.16. The third-order valence-electron chi connectivity index (χ3n) is 7.06. The van der Waals surface area contributed by atoms with E-state index in [4.69, 9.17) is 26.3 Å². The van der Waals surface area contributed by atoms with E-state index in [0.29, 0.717) is 54.5 Å². The lowest BCUT2D eigenvalue weighted by Crippen LogP contribution is -2.25. The Balaban J connectivity index is 1.53. The van der Waals surface area contributed by atoms with Gasteiger partial charge < -0.3 is 4.74 Å². The summed E-state index contributed by atoms with van der Waals surface area (Å²) >= 11 is 6.03. The lowest BCUT2D eigenvalue weighted by Gasteiger charge is -2.22. The zero-order chi connectivity index (χ0) is 25.7. The first-order valence-corrected chi connectivity index (χ1v) is 13.1. The number of ether oxygens (including phenoxy) is 1. The maximum Gasteiger partial charge on any atom is 0.263 e. The van der Waals surface area contributed by atoms with Gasteiger partial charge in [0.05, 0.1) is 41.1 Å². The van der Waals surface area contributed by atoms with E-state index in [-0.39, 0.29) is 27.9 Å². The maximum atomic E-state index is 15.2. The second kappa shape index (κ2) is 9.50. The van der Waals surface area contributed by atoms with Crippen molar-refractivity contribution in [3.05, 3.63) is 81.0 Å². The number of rotatable bonds is 6. The molecule has 1 fully saturated rings. The van der Waals surface area contributed by atoms with Crippen LogP contribution in [0.3, 0.4) is 0 Å². The highest BCUT2D eigenvalue weighted by Gasteiger charge is 2.27. The van der Waals surface area contributed by atoms with Crippen molar-refractivity contribution < 1.29 is 9.13 Å². The van der Waals surface area contributed by atoms with E-state index in [1.54, 1.807) is 16.7 Å². The lowest BCUT2D eigenvalue weighted by atomic mass is 9.99. The van der Waals surface area contributed by atoms with Gasteiger partial charge in [-0.05, 0) is 62.1 Å². The van der Waals surface area contributed by atoms with Gasteiger partial charge >= 0.3 is 0 Å². The number of halogens is 2. The molecule has 4 aromatic rings. The van der Waals surface area contributed by atoms with E-state index in [2.05, 4.69) is 5.10 Å². The smallest absolute Gasteiger partial charge is 0.263 e. The molecule has 0 amide bonds. The highest BCUT2D eigenvalue weighted by Crippen LogP contribution is 2.37. The van der Waals surface area contributed by atoms with Crippen LogP contribution in [0.5, 0.6) is 0 Å². The number of pyridine rings is 1. The van der Waals surface area contributed by atoms with Crippen LogP contribution in [0.15, 0.2) is 47.5 Å². The number of hydrogen-bond donors (Lipinski definition) is 0. The standard InChI is InChI=1S/C28H27ClFN5O2/c1-3-25-32-23-13-22(16-9-10-37-24(11-16)17-14-31-35(15-17)19-6-7-19)33-27(26(23)28(36)34(25)4-2)20-8-5-18(29)12-21(20)30/h5,8,11-15,19,24H,3-4,6-7,9-10H2,1-2H3. The zero-order valence-electron chi connectivity index (χ0n) is 20.7. The van der Waals surface area contributed by atoms with Crippen molar-refractivity contribution in [3.8, 4) is 11.3 Å². The summed E-state index contributed by atoms with van der Waals surface area (Å²) in [5, 5.41) is 5.08. The number of aromatic nitrogens is 5. The normalized spacial score (nSPS) is 17.8. The van der Waals surface area contributed by atoms with Crippen molar-refractivity contribution in [1.82, 2.24) is 24.3 Å². The van der Waals surface area contributed by atoms with Gasteiger partial charge in [-0.2, -0.15) is 5.10 Å². The summed E-state index contributed by atoms with van der Waals surface area (Å²) in [6, 6.07) is 6.75. The van der Waals surface area contributed by atoms with Crippen LogP contribution in [0.4, 0.5) is 4.39 Å². The third-order valence-corrected chi connectivity index (χ3v) is 7.29. The van der Waals surface area contributed by atoms with E-state index >= 15 is 4.39 Å². The van der Waals surface area contributed by atoms with Crippen LogP contribution < -0.4 is 5.56 Å². The molecule has 7 nitrogen and oxygen atoms in total. The van der Waals surface area contributed by atoms with Gasteiger partial charge in [-0.15, -0.1) is 0 Å². The Morgan fingerprint density at radius 2 is 2.03 bits per heavy atom. The Labute approximate surface area is 218 Å². The van der Waals surface area contributed by atoms with Crippen LogP contribution >= 0.6 is 11.6 Å². The largest absolute Gasteiger partial charge is 0.369 e. The SMILES string of the molecule is CCc1nc2cc(C3=CC(c4cnn(C5CC5)c4)OCC3)nc(-c3ccc(Cl)cc3F)c2c(=O)n1CC. The van der Waals surface area contributed by atoms with Crippen molar-refractivity contribution in [2.75, 3.05) is 6.61 Å². The molecule has 6 rings (SSSR count). The fourth-order valence-electron chi connectivity index (χ4n) is 4.97. The Morgan fingerprint density at radius 1 is 1.19 bits per heavy atom. The molecule has 0 bridgehead atoms.